The minimum Gasteiger partial charge on any atom is -0.356 e. The Hall–Kier alpha value is -2.80. The van der Waals surface area contributed by atoms with Gasteiger partial charge in [-0.1, -0.05) is 30.3 Å². The second-order valence-corrected chi connectivity index (χ2v) is 7.27. The summed E-state index contributed by atoms with van der Waals surface area (Å²) in [5.74, 6) is 0.148. The Kier molecular flexibility index (Phi) is 6.04. The number of benzene rings is 1. The summed E-state index contributed by atoms with van der Waals surface area (Å²) in [4.78, 5) is 35.9. The maximum absolute atomic E-state index is 13.0. The van der Waals surface area contributed by atoms with Crippen LogP contribution >= 0.6 is 0 Å². The van der Waals surface area contributed by atoms with Gasteiger partial charge in [0.2, 0.25) is 5.91 Å². The normalized spacial score (nSPS) is 19.8. The highest BCUT2D eigenvalue weighted by Crippen LogP contribution is 2.32. The molecule has 1 saturated heterocycles. The number of amides is 2. The van der Waals surface area contributed by atoms with Crippen LogP contribution in [0.15, 0.2) is 36.4 Å². The Morgan fingerprint density at radius 2 is 1.86 bits per heavy atom. The molecule has 1 aromatic heterocycles. The summed E-state index contributed by atoms with van der Waals surface area (Å²) in [7, 11) is 0. The van der Waals surface area contributed by atoms with Gasteiger partial charge in [-0.2, -0.15) is 0 Å². The minimum absolute atomic E-state index is 0.0559. The molecule has 2 amide bonds. The van der Waals surface area contributed by atoms with E-state index in [0.717, 1.165) is 17.0 Å². The van der Waals surface area contributed by atoms with Gasteiger partial charge >= 0.3 is 0 Å². The molecule has 0 radical (unpaired) electrons. The number of aromatic nitrogens is 2. The Bertz CT molecular complexity index is 834. The molecule has 1 fully saturated rings. The summed E-state index contributed by atoms with van der Waals surface area (Å²) >= 11 is 0. The predicted molar refractivity (Wildman–Crippen MR) is 104 cm³/mol. The summed E-state index contributed by atoms with van der Waals surface area (Å²) in [6.07, 6.45) is -0.798. The van der Waals surface area contributed by atoms with E-state index in [0.29, 0.717) is 5.82 Å². The molecule has 0 unspecified atom stereocenters. The van der Waals surface area contributed by atoms with Gasteiger partial charge < -0.3 is 15.0 Å². The van der Waals surface area contributed by atoms with Crippen molar-refractivity contribution in [3.63, 3.8) is 0 Å². The third-order valence-electron chi connectivity index (χ3n) is 4.67. The molecule has 2 heterocycles. The second kappa shape index (κ2) is 8.48. The average molecular weight is 382 g/mol. The van der Waals surface area contributed by atoms with Gasteiger partial charge in [0, 0.05) is 17.4 Å². The highest BCUT2D eigenvalue weighted by molar-refractivity contribution is 5.86. The second-order valence-electron chi connectivity index (χ2n) is 7.27. The van der Waals surface area contributed by atoms with Gasteiger partial charge in [0.05, 0.1) is 12.6 Å². The molecular formula is C21H26N4O3. The van der Waals surface area contributed by atoms with Crippen LogP contribution in [0.4, 0.5) is 0 Å². The van der Waals surface area contributed by atoms with Gasteiger partial charge in [-0.05, 0) is 39.3 Å². The van der Waals surface area contributed by atoms with E-state index >= 15 is 0 Å². The fourth-order valence-electron chi connectivity index (χ4n) is 3.59. The summed E-state index contributed by atoms with van der Waals surface area (Å²) in [6, 6.07) is 10.9. The van der Waals surface area contributed by atoms with E-state index in [4.69, 9.17) is 4.74 Å². The molecule has 1 N–H and O–H groups in total. The van der Waals surface area contributed by atoms with Crippen molar-refractivity contribution in [2.75, 3.05) is 6.61 Å². The van der Waals surface area contributed by atoms with Crippen LogP contribution in [-0.2, 0) is 20.9 Å². The van der Waals surface area contributed by atoms with Gasteiger partial charge in [0.15, 0.2) is 6.10 Å². The number of hydrogen-bond donors (Lipinski definition) is 1. The molecule has 7 heteroatoms. The quantitative estimate of drug-likeness (QED) is 0.856. The van der Waals surface area contributed by atoms with Gasteiger partial charge in [-0.15, -0.1) is 0 Å². The van der Waals surface area contributed by atoms with Crippen molar-refractivity contribution in [3.05, 3.63) is 59.2 Å². The van der Waals surface area contributed by atoms with E-state index < -0.39 is 12.1 Å². The number of morpholine rings is 1. The molecule has 28 heavy (non-hydrogen) atoms. The molecule has 1 aromatic carbocycles. The molecule has 148 valence electrons. The summed E-state index contributed by atoms with van der Waals surface area (Å²) in [5.41, 5.74) is 2.57. The number of nitrogens with one attached hydrogen (secondary N) is 1. The SMILES string of the molecule is Cc1cc(C)nc(CNC(=O)[C@H]2OCC(=O)N(C(C)C)[C@@H]2c2ccccc2)n1. The topological polar surface area (TPSA) is 84.4 Å². The fourth-order valence-corrected chi connectivity index (χ4v) is 3.59. The predicted octanol–water partition coefficient (Wildman–Crippen LogP) is 2.09. The monoisotopic (exact) mass is 382 g/mol. The first-order valence-corrected chi connectivity index (χ1v) is 9.43. The Morgan fingerprint density at radius 3 is 2.46 bits per heavy atom. The number of aryl methyl sites for hydroxylation is 2. The van der Waals surface area contributed by atoms with Crippen molar-refractivity contribution in [2.45, 2.75) is 52.4 Å². The molecule has 0 spiro atoms. The fraction of sp³-hybridized carbons (Fsp3) is 0.429. The molecular weight excluding hydrogens is 356 g/mol. The van der Waals surface area contributed by atoms with E-state index in [1.165, 1.54) is 0 Å². The molecule has 0 bridgehead atoms. The van der Waals surface area contributed by atoms with Crippen LogP contribution in [0.25, 0.3) is 0 Å². The Morgan fingerprint density at radius 1 is 1.21 bits per heavy atom. The van der Waals surface area contributed by atoms with Crippen molar-refractivity contribution in [1.29, 1.82) is 0 Å². The molecule has 0 aliphatic carbocycles. The van der Waals surface area contributed by atoms with Crippen LogP contribution in [0, 0.1) is 13.8 Å². The van der Waals surface area contributed by atoms with Crippen molar-refractivity contribution >= 4 is 11.8 Å². The lowest BCUT2D eigenvalue weighted by molar-refractivity contribution is -0.167. The lowest BCUT2D eigenvalue weighted by Crippen LogP contribution is -2.56. The third-order valence-corrected chi connectivity index (χ3v) is 4.67. The summed E-state index contributed by atoms with van der Waals surface area (Å²) in [5, 5.41) is 2.87. The number of carbonyl (C=O) groups excluding carboxylic acids is 2. The zero-order chi connectivity index (χ0) is 20.3. The first-order valence-electron chi connectivity index (χ1n) is 9.43. The maximum atomic E-state index is 13.0. The van der Waals surface area contributed by atoms with Gasteiger partial charge in [0.25, 0.3) is 5.91 Å². The van der Waals surface area contributed by atoms with Crippen LogP contribution in [0.2, 0.25) is 0 Å². The lowest BCUT2D eigenvalue weighted by atomic mass is 9.96. The zero-order valence-corrected chi connectivity index (χ0v) is 16.7. The van der Waals surface area contributed by atoms with Gasteiger partial charge in [-0.3, -0.25) is 9.59 Å². The average Bonchev–Trinajstić information content (AvgIpc) is 2.65. The first-order chi connectivity index (χ1) is 13.4. The molecule has 1 aliphatic heterocycles. The van der Waals surface area contributed by atoms with Crippen molar-refractivity contribution in [3.8, 4) is 0 Å². The van der Waals surface area contributed by atoms with Crippen LogP contribution in [0.1, 0.15) is 42.7 Å². The van der Waals surface area contributed by atoms with E-state index in [1.54, 1.807) is 4.90 Å². The van der Waals surface area contributed by atoms with Crippen molar-refractivity contribution < 1.29 is 14.3 Å². The molecule has 1 aliphatic rings. The molecule has 3 rings (SSSR count). The van der Waals surface area contributed by atoms with Gasteiger partial charge in [0.1, 0.15) is 12.4 Å². The maximum Gasteiger partial charge on any atom is 0.252 e. The van der Waals surface area contributed by atoms with Crippen molar-refractivity contribution in [1.82, 2.24) is 20.2 Å². The van der Waals surface area contributed by atoms with Crippen LogP contribution in [-0.4, -0.2) is 45.4 Å². The first kappa shape index (κ1) is 19.9. The van der Waals surface area contributed by atoms with E-state index in [2.05, 4.69) is 15.3 Å². The number of ether oxygens (including phenoxy) is 1. The van der Waals surface area contributed by atoms with Crippen LogP contribution in [0.5, 0.6) is 0 Å². The zero-order valence-electron chi connectivity index (χ0n) is 16.7. The van der Waals surface area contributed by atoms with E-state index in [1.807, 2.05) is 64.1 Å². The smallest absolute Gasteiger partial charge is 0.252 e. The highest BCUT2D eigenvalue weighted by Gasteiger charge is 2.42. The number of nitrogens with zero attached hydrogens (tertiary/aromatic N) is 3. The molecule has 7 nitrogen and oxygen atoms in total. The number of carbonyl (C=O) groups is 2. The number of rotatable bonds is 5. The standard InChI is InChI=1S/C21H26N4O3/c1-13(2)25-18(26)12-28-20(19(25)16-8-6-5-7-9-16)21(27)22-11-17-23-14(3)10-15(4)24-17/h5-10,13,19-20H,11-12H2,1-4H3,(H,22,27)/t19-,20+/m1/s1. The van der Waals surface area contributed by atoms with E-state index in [9.17, 15) is 9.59 Å². The molecule has 2 atom stereocenters. The summed E-state index contributed by atoms with van der Waals surface area (Å²) in [6.45, 7) is 7.76. The van der Waals surface area contributed by atoms with Gasteiger partial charge in [-0.25, -0.2) is 9.97 Å². The minimum atomic E-state index is -0.798. The highest BCUT2D eigenvalue weighted by atomic mass is 16.5. The number of hydrogen-bond acceptors (Lipinski definition) is 5. The lowest BCUT2D eigenvalue weighted by Gasteiger charge is -2.42. The van der Waals surface area contributed by atoms with Crippen LogP contribution < -0.4 is 5.32 Å². The largest absolute Gasteiger partial charge is 0.356 e. The van der Waals surface area contributed by atoms with Crippen LogP contribution in [0.3, 0.4) is 0 Å². The Labute approximate surface area is 165 Å². The molecule has 2 aromatic rings. The van der Waals surface area contributed by atoms with E-state index in [-0.39, 0.29) is 31.0 Å². The summed E-state index contributed by atoms with van der Waals surface area (Å²) < 4.78 is 5.69. The third kappa shape index (κ3) is 4.36. The Balaban J connectivity index is 1.83. The molecule has 0 saturated carbocycles. The van der Waals surface area contributed by atoms with Crippen molar-refractivity contribution in [2.24, 2.45) is 0 Å².